The molecular formula is C26H30Cl2N4O3. The molecule has 1 atom stereocenters. The lowest BCUT2D eigenvalue weighted by Gasteiger charge is -2.40. The maximum atomic E-state index is 13.4. The van der Waals surface area contributed by atoms with Crippen molar-refractivity contribution in [2.75, 3.05) is 36.8 Å². The molecule has 2 aromatic carbocycles. The molecule has 0 aromatic heterocycles. The second-order valence-electron chi connectivity index (χ2n) is 9.19. The van der Waals surface area contributed by atoms with Crippen molar-refractivity contribution in [2.24, 2.45) is 5.92 Å². The number of rotatable bonds is 6. The van der Waals surface area contributed by atoms with Crippen LogP contribution in [0.3, 0.4) is 0 Å². The van der Waals surface area contributed by atoms with Crippen LogP contribution < -0.4 is 10.6 Å². The Bertz CT molecular complexity index is 1080. The molecule has 1 saturated carbocycles. The van der Waals surface area contributed by atoms with Crippen molar-refractivity contribution in [2.45, 2.75) is 38.6 Å². The van der Waals surface area contributed by atoms with Gasteiger partial charge in [-0.05, 0) is 61.2 Å². The van der Waals surface area contributed by atoms with Gasteiger partial charge in [-0.2, -0.15) is 0 Å². The zero-order valence-electron chi connectivity index (χ0n) is 19.7. The van der Waals surface area contributed by atoms with Gasteiger partial charge in [-0.25, -0.2) is 0 Å². The van der Waals surface area contributed by atoms with Gasteiger partial charge in [0.2, 0.25) is 11.8 Å². The van der Waals surface area contributed by atoms with Crippen molar-refractivity contribution in [3.8, 4) is 0 Å². The number of nitrogens with one attached hydrogen (secondary N) is 2. The third kappa shape index (κ3) is 6.34. The van der Waals surface area contributed by atoms with Gasteiger partial charge in [0.05, 0.1) is 16.6 Å². The summed E-state index contributed by atoms with van der Waals surface area (Å²) in [5.41, 5.74) is 1.82. The molecule has 186 valence electrons. The quantitative estimate of drug-likeness (QED) is 0.571. The molecule has 4 rings (SSSR count). The maximum Gasteiger partial charge on any atom is 0.255 e. The minimum Gasteiger partial charge on any atom is -0.336 e. The topological polar surface area (TPSA) is 81.8 Å². The van der Waals surface area contributed by atoms with Crippen molar-refractivity contribution in [3.63, 3.8) is 0 Å². The molecule has 1 heterocycles. The summed E-state index contributed by atoms with van der Waals surface area (Å²) < 4.78 is 0. The zero-order valence-corrected chi connectivity index (χ0v) is 21.2. The average molecular weight is 517 g/mol. The molecule has 35 heavy (non-hydrogen) atoms. The summed E-state index contributed by atoms with van der Waals surface area (Å²) in [6.45, 7) is 3.75. The number of amides is 3. The van der Waals surface area contributed by atoms with E-state index in [9.17, 15) is 14.4 Å². The lowest BCUT2D eigenvalue weighted by molar-refractivity contribution is -0.124. The van der Waals surface area contributed by atoms with Gasteiger partial charge in [-0.15, -0.1) is 0 Å². The number of carbonyl (C=O) groups excluding carboxylic acids is 3. The number of nitrogens with zero attached hydrogens (tertiary/aromatic N) is 2. The van der Waals surface area contributed by atoms with Crippen molar-refractivity contribution >= 4 is 52.3 Å². The molecule has 2 N–H and O–H groups in total. The molecule has 0 bridgehead atoms. The van der Waals surface area contributed by atoms with Gasteiger partial charge in [0, 0.05) is 49.5 Å². The van der Waals surface area contributed by atoms with E-state index in [1.807, 2.05) is 0 Å². The summed E-state index contributed by atoms with van der Waals surface area (Å²) in [6, 6.07) is 11.8. The molecule has 9 heteroatoms. The van der Waals surface area contributed by atoms with Gasteiger partial charge in [0.15, 0.2) is 0 Å². The molecular weight excluding hydrogens is 487 g/mol. The van der Waals surface area contributed by atoms with Gasteiger partial charge >= 0.3 is 0 Å². The Balaban J connectivity index is 1.41. The van der Waals surface area contributed by atoms with Gasteiger partial charge < -0.3 is 15.5 Å². The first kappa shape index (κ1) is 25.5. The Labute approximate surface area is 215 Å². The minimum atomic E-state index is -0.246. The second kappa shape index (κ2) is 11.4. The van der Waals surface area contributed by atoms with E-state index >= 15 is 0 Å². The second-order valence-corrected chi connectivity index (χ2v) is 10.0. The number of piperazine rings is 1. The lowest BCUT2D eigenvalue weighted by atomic mass is 9.94. The minimum absolute atomic E-state index is 0.0234. The third-order valence-corrected chi connectivity index (χ3v) is 7.29. The van der Waals surface area contributed by atoms with Crippen molar-refractivity contribution in [1.82, 2.24) is 9.80 Å². The van der Waals surface area contributed by atoms with Crippen LogP contribution >= 0.6 is 23.2 Å². The highest BCUT2D eigenvalue weighted by Gasteiger charge is 2.37. The highest BCUT2D eigenvalue weighted by atomic mass is 35.5. The first-order valence-electron chi connectivity index (χ1n) is 12.0. The molecule has 0 radical (unpaired) electrons. The first-order chi connectivity index (χ1) is 16.8. The van der Waals surface area contributed by atoms with E-state index in [0.29, 0.717) is 59.1 Å². The number of anilines is 2. The molecule has 1 saturated heterocycles. The Hall–Kier alpha value is -2.61. The molecule has 3 amide bonds. The molecule has 0 spiro atoms. The molecule has 2 aromatic rings. The monoisotopic (exact) mass is 516 g/mol. The molecule has 2 fully saturated rings. The zero-order chi connectivity index (χ0) is 24.9. The summed E-state index contributed by atoms with van der Waals surface area (Å²) >= 11 is 12.2. The van der Waals surface area contributed by atoms with E-state index < -0.39 is 0 Å². The third-order valence-electron chi connectivity index (χ3n) is 6.74. The highest BCUT2D eigenvalue weighted by Crippen LogP contribution is 2.32. The largest absolute Gasteiger partial charge is 0.336 e. The fourth-order valence-electron chi connectivity index (χ4n) is 5.04. The van der Waals surface area contributed by atoms with Crippen LogP contribution in [-0.4, -0.2) is 59.7 Å². The molecule has 1 aliphatic carbocycles. The standard InChI is InChI=1S/C26H30Cl2N4O3/c1-17(33)29-20-7-9-21(10-8-20)30-25(34)24(18-4-2-3-5-18)31-12-14-32(15-13-31)26(35)22-11-6-19(27)16-23(22)28/h6-11,16,18,24H,2-5,12-15H2,1H3,(H,29,33)(H,30,34)/t24-/m0/s1. The molecule has 7 nitrogen and oxygen atoms in total. The number of benzene rings is 2. The fourth-order valence-corrected chi connectivity index (χ4v) is 5.53. The smallest absolute Gasteiger partial charge is 0.255 e. The van der Waals surface area contributed by atoms with Crippen LogP contribution in [-0.2, 0) is 9.59 Å². The summed E-state index contributed by atoms with van der Waals surface area (Å²) in [6.07, 6.45) is 4.32. The van der Waals surface area contributed by atoms with E-state index in [-0.39, 0.29) is 23.8 Å². The van der Waals surface area contributed by atoms with E-state index in [1.165, 1.54) is 6.92 Å². The highest BCUT2D eigenvalue weighted by molar-refractivity contribution is 6.36. The van der Waals surface area contributed by atoms with Gasteiger partial charge in [0.25, 0.3) is 5.91 Å². The Kier molecular flexibility index (Phi) is 8.31. The summed E-state index contributed by atoms with van der Waals surface area (Å²) in [5, 5.41) is 6.63. The average Bonchev–Trinajstić information content (AvgIpc) is 3.34. The summed E-state index contributed by atoms with van der Waals surface area (Å²) in [5.74, 6) is 0.0119. The number of hydrogen-bond acceptors (Lipinski definition) is 4. The van der Waals surface area contributed by atoms with Gasteiger partial charge in [0.1, 0.15) is 0 Å². The van der Waals surface area contributed by atoms with Crippen molar-refractivity contribution in [1.29, 1.82) is 0 Å². The number of hydrogen-bond donors (Lipinski definition) is 2. The Morgan fingerprint density at radius 1 is 0.886 bits per heavy atom. The lowest BCUT2D eigenvalue weighted by Crippen LogP contribution is -2.57. The van der Waals surface area contributed by atoms with Crippen LogP contribution in [0.25, 0.3) is 0 Å². The molecule has 1 aliphatic heterocycles. The van der Waals surface area contributed by atoms with E-state index in [0.717, 1.165) is 25.7 Å². The van der Waals surface area contributed by atoms with Crippen LogP contribution in [0.5, 0.6) is 0 Å². The SMILES string of the molecule is CC(=O)Nc1ccc(NC(=O)[C@H](C2CCCC2)N2CCN(C(=O)c3ccc(Cl)cc3Cl)CC2)cc1. The summed E-state index contributed by atoms with van der Waals surface area (Å²) in [4.78, 5) is 41.7. The predicted octanol–water partition coefficient (Wildman–Crippen LogP) is 4.91. The van der Waals surface area contributed by atoms with E-state index in [1.54, 1.807) is 47.4 Å². The maximum absolute atomic E-state index is 13.4. The van der Waals surface area contributed by atoms with Gasteiger partial charge in [-0.1, -0.05) is 36.0 Å². The van der Waals surface area contributed by atoms with E-state index in [4.69, 9.17) is 23.2 Å². The number of halogens is 2. The Morgan fingerprint density at radius 3 is 2.06 bits per heavy atom. The van der Waals surface area contributed by atoms with Crippen molar-refractivity contribution < 1.29 is 14.4 Å². The fraction of sp³-hybridized carbons (Fsp3) is 0.423. The van der Waals surface area contributed by atoms with Crippen LogP contribution in [0.4, 0.5) is 11.4 Å². The van der Waals surface area contributed by atoms with Crippen LogP contribution in [0.1, 0.15) is 43.0 Å². The predicted molar refractivity (Wildman–Crippen MR) is 139 cm³/mol. The Morgan fingerprint density at radius 2 is 1.49 bits per heavy atom. The van der Waals surface area contributed by atoms with E-state index in [2.05, 4.69) is 15.5 Å². The van der Waals surface area contributed by atoms with Crippen LogP contribution in [0, 0.1) is 5.92 Å². The first-order valence-corrected chi connectivity index (χ1v) is 12.7. The van der Waals surface area contributed by atoms with Crippen LogP contribution in [0.15, 0.2) is 42.5 Å². The number of carbonyl (C=O) groups is 3. The van der Waals surface area contributed by atoms with Crippen LogP contribution in [0.2, 0.25) is 10.0 Å². The molecule has 0 unspecified atom stereocenters. The molecule has 2 aliphatic rings. The van der Waals surface area contributed by atoms with Crippen molar-refractivity contribution in [3.05, 3.63) is 58.1 Å². The van der Waals surface area contributed by atoms with Gasteiger partial charge in [-0.3, -0.25) is 19.3 Å². The summed E-state index contributed by atoms with van der Waals surface area (Å²) in [7, 11) is 0. The normalized spacial score (nSPS) is 17.7.